The van der Waals surface area contributed by atoms with Crippen LogP contribution in [0.2, 0.25) is 0 Å². The summed E-state index contributed by atoms with van der Waals surface area (Å²) < 4.78 is 2.12. The zero-order valence-electron chi connectivity index (χ0n) is 13.0. The van der Waals surface area contributed by atoms with E-state index in [4.69, 9.17) is 0 Å². The Labute approximate surface area is 132 Å². The van der Waals surface area contributed by atoms with Gasteiger partial charge in [0.15, 0.2) is 0 Å². The molecule has 1 N–H and O–H groups in total. The maximum Gasteiger partial charge on any atom is 0.0648 e. The number of aromatic nitrogens is 2. The van der Waals surface area contributed by atoms with Crippen molar-refractivity contribution in [1.29, 1.82) is 0 Å². The molecule has 1 aromatic heterocycles. The number of hydrogen-bond acceptors (Lipinski definition) is 3. The molecule has 2 aliphatic rings. The van der Waals surface area contributed by atoms with Crippen LogP contribution in [0.5, 0.6) is 0 Å². The van der Waals surface area contributed by atoms with Crippen molar-refractivity contribution in [1.82, 2.24) is 20.0 Å². The number of para-hydroxylation sites is 1. The van der Waals surface area contributed by atoms with Crippen molar-refractivity contribution >= 4 is 0 Å². The van der Waals surface area contributed by atoms with Gasteiger partial charge in [-0.15, -0.1) is 0 Å². The molecule has 4 nitrogen and oxygen atoms in total. The molecule has 116 valence electrons. The van der Waals surface area contributed by atoms with Crippen LogP contribution in [0, 0.1) is 5.92 Å². The fraction of sp³-hybridized carbons (Fsp3) is 0.500. The third kappa shape index (κ3) is 2.81. The van der Waals surface area contributed by atoms with Crippen LogP contribution in [-0.4, -0.2) is 40.9 Å². The molecule has 0 aliphatic carbocycles. The number of benzene rings is 1. The highest BCUT2D eigenvalue weighted by atomic mass is 15.3. The summed E-state index contributed by atoms with van der Waals surface area (Å²) in [5, 5.41) is 8.09. The van der Waals surface area contributed by atoms with E-state index < -0.39 is 0 Å². The zero-order valence-corrected chi connectivity index (χ0v) is 13.0. The second-order valence-electron chi connectivity index (χ2n) is 6.54. The molecule has 0 spiro atoms. The molecule has 2 aromatic rings. The molecule has 0 saturated carbocycles. The second-order valence-corrected chi connectivity index (χ2v) is 6.54. The summed E-state index contributed by atoms with van der Waals surface area (Å²) in [6.45, 7) is 5.85. The highest BCUT2D eigenvalue weighted by Gasteiger charge is 2.23. The molecule has 22 heavy (non-hydrogen) atoms. The van der Waals surface area contributed by atoms with E-state index >= 15 is 0 Å². The Morgan fingerprint density at radius 3 is 2.77 bits per heavy atom. The fourth-order valence-corrected chi connectivity index (χ4v) is 3.77. The number of nitrogens with one attached hydrogen (secondary N) is 1. The third-order valence-corrected chi connectivity index (χ3v) is 4.99. The van der Waals surface area contributed by atoms with E-state index in [1.807, 2.05) is 0 Å². The van der Waals surface area contributed by atoms with Gasteiger partial charge in [0.1, 0.15) is 0 Å². The highest BCUT2D eigenvalue weighted by molar-refractivity contribution is 5.35. The van der Waals surface area contributed by atoms with Crippen LogP contribution in [0.4, 0.5) is 0 Å². The summed E-state index contributed by atoms with van der Waals surface area (Å²) in [4.78, 5) is 2.62. The minimum atomic E-state index is 0.868. The standard InChI is InChI=1S/C18H24N4/c1-2-4-17(5-3-1)22-18-8-11-21(14-16(18)12-20-22)13-15-6-9-19-10-7-15/h1-5,12,15,19H,6-11,13-14H2. The Hall–Kier alpha value is -1.65. The van der Waals surface area contributed by atoms with Gasteiger partial charge >= 0.3 is 0 Å². The monoisotopic (exact) mass is 296 g/mol. The van der Waals surface area contributed by atoms with Gasteiger partial charge in [-0.3, -0.25) is 4.90 Å². The van der Waals surface area contributed by atoms with Crippen molar-refractivity contribution in [3.05, 3.63) is 47.8 Å². The summed E-state index contributed by atoms with van der Waals surface area (Å²) in [7, 11) is 0. The topological polar surface area (TPSA) is 33.1 Å². The lowest BCUT2D eigenvalue weighted by Gasteiger charge is -2.32. The van der Waals surface area contributed by atoms with Crippen LogP contribution >= 0.6 is 0 Å². The SMILES string of the molecule is c1ccc(-n2ncc3c2CCN(CC2CCNCC2)C3)cc1. The van der Waals surface area contributed by atoms with E-state index in [-0.39, 0.29) is 0 Å². The maximum atomic E-state index is 4.63. The summed E-state index contributed by atoms with van der Waals surface area (Å²) in [5.74, 6) is 0.868. The minimum Gasteiger partial charge on any atom is -0.317 e. The molecule has 4 rings (SSSR count). The van der Waals surface area contributed by atoms with Gasteiger partial charge in [-0.2, -0.15) is 5.10 Å². The van der Waals surface area contributed by atoms with Gasteiger partial charge in [0.05, 0.1) is 11.9 Å². The van der Waals surface area contributed by atoms with Crippen molar-refractivity contribution in [2.75, 3.05) is 26.2 Å². The molecule has 4 heteroatoms. The Bertz CT molecular complexity index is 613. The van der Waals surface area contributed by atoms with Crippen LogP contribution in [0.25, 0.3) is 5.69 Å². The summed E-state index contributed by atoms with van der Waals surface area (Å²) >= 11 is 0. The first-order valence-electron chi connectivity index (χ1n) is 8.44. The van der Waals surface area contributed by atoms with E-state index in [2.05, 4.69) is 56.5 Å². The van der Waals surface area contributed by atoms with E-state index in [1.54, 1.807) is 0 Å². The van der Waals surface area contributed by atoms with Gasteiger partial charge in [-0.25, -0.2) is 4.68 Å². The van der Waals surface area contributed by atoms with E-state index in [1.165, 1.54) is 49.4 Å². The molecular weight excluding hydrogens is 272 g/mol. The average molecular weight is 296 g/mol. The highest BCUT2D eigenvalue weighted by Crippen LogP contribution is 2.23. The average Bonchev–Trinajstić information content (AvgIpc) is 3.00. The molecular formula is C18H24N4. The molecule has 3 heterocycles. The van der Waals surface area contributed by atoms with Gasteiger partial charge in [-0.05, 0) is 44.0 Å². The minimum absolute atomic E-state index is 0.868. The Morgan fingerprint density at radius 1 is 1.14 bits per heavy atom. The van der Waals surface area contributed by atoms with Crippen LogP contribution in [0.3, 0.4) is 0 Å². The van der Waals surface area contributed by atoms with Crippen LogP contribution in [0.15, 0.2) is 36.5 Å². The lowest BCUT2D eigenvalue weighted by molar-refractivity contribution is 0.190. The van der Waals surface area contributed by atoms with Gasteiger partial charge in [0.25, 0.3) is 0 Å². The van der Waals surface area contributed by atoms with Gasteiger partial charge in [-0.1, -0.05) is 18.2 Å². The van der Waals surface area contributed by atoms with Crippen molar-refractivity contribution in [2.24, 2.45) is 5.92 Å². The molecule has 0 amide bonds. The van der Waals surface area contributed by atoms with E-state index in [9.17, 15) is 0 Å². The zero-order chi connectivity index (χ0) is 14.8. The maximum absolute atomic E-state index is 4.63. The van der Waals surface area contributed by atoms with Gasteiger partial charge in [0.2, 0.25) is 0 Å². The van der Waals surface area contributed by atoms with E-state index in [0.717, 1.165) is 25.4 Å². The molecule has 1 saturated heterocycles. The number of fused-ring (bicyclic) bond motifs is 1. The normalized spacial score (nSPS) is 20.0. The van der Waals surface area contributed by atoms with Crippen LogP contribution in [0.1, 0.15) is 24.1 Å². The smallest absolute Gasteiger partial charge is 0.0648 e. The van der Waals surface area contributed by atoms with Crippen molar-refractivity contribution < 1.29 is 0 Å². The number of nitrogens with zero attached hydrogens (tertiary/aromatic N) is 3. The molecule has 0 atom stereocenters. The Balaban J connectivity index is 1.47. The molecule has 2 aliphatic heterocycles. The quantitative estimate of drug-likeness (QED) is 0.943. The first kappa shape index (κ1) is 14.0. The van der Waals surface area contributed by atoms with Crippen LogP contribution in [-0.2, 0) is 13.0 Å². The van der Waals surface area contributed by atoms with Gasteiger partial charge in [0, 0.05) is 37.3 Å². The number of rotatable bonds is 3. The summed E-state index contributed by atoms with van der Waals surface area (Å²) in [6, 6.07) is 10.5. The molecule has 0 radical (unpaired) electrons. The first-order valence-corrected chi connectivity index (χ1v) is 8.44. The summed E-state index contributed by atoms with van der Waals surface area (Å²) in [6.07, 6.45) is 5.82. The Morgan fingerprint density at radius 2 is 1.95 bits per heavy atom. The van der Waals surface area contributed by atoms with Crippen molar-refractivity contribution in [2.45, 2.75) is 25.8 Å². The van der Waals surface area contributed by atoms with E-state index in [0.29, 0.717) is 0 Å². The lowest BCUT2D eigenvalue weighted by atomic mass is 9.96. The Kier molecular flexibility index (Phi) is 3.95. The van der Waals surface area contributed by atoms with Gasteiger partial charge < -0.3 is 5.32 Å². The predicted molar refractivity (Wildman–Crippen MR) is 88.1 cm³/mol. The molecule has 0 unspecified atom stereocenters. The first-order chi connectivity index (χ1) is 10.9. The molecule has 0 bridgehead atoms. The fourth-order valence-electron chi connectivity index (χ4n) is 3.77. The predicted octanol–water partition coefficient (Wildman–Crippen LogP) is 2.23. The van der Waals surface area contributed by atoms with Crippen molar-refractivity contribution in [3.63, 3.8) is 0 Å². The number of hydrogen-bond donors (Lipinski definition) is 1. The molecule has 1 aromatic carbocycles. The largest absolute Gasteiger partial charge is 0.317 e. The van der Waals surface area contributed by atoms with Crippen molar-refractivity contribution in [3.8, 4) is 5.69 Å². The van der Waals surface area contributed by atoms with Crippen LogP contribution < -0.4 is 5.32 Å². The third-order valence-electron chi connectivity index (χ3n) is 4.99. The second kappa shape index (κ2) is 6.23. The number of piperidine rings is 1. The summed E-state index contributed by atoms with van der Waals surface area (Å²) in [5.41, 5.74) is 3.98. The lowest BCUT2D eigenvalue weighted by Crippen LogP contribution is -2.38. The molecule has 1 fully saturated rings.